The van der Waals surface area contributed by atoms with Crippen LogP contribution in [0.5, 0.6) is 0 Å². The number of hydrogen-bond donors (Lipinski definition) is 1. The maximum absolute atomic E-state index is 13.5. The summed E-state index contributed by atoms with van der Waals surface area (Å²) in [6.07, 6.45) is 0. The maximum atomic E-state index is 13.5. The van der Waals surface area contributed by atoms with E-state index in [1.54, 1.807) is 0 Å². The van der Waals surface area contributed by atoms with E-state index in [9.17, 15) is 18.0 Å². The van der Waals surface area contributed by atoms with Crippen molar-refractivity contribution in [3.05, 3.63) is 65.4 Å². The highest BCUT2D eigenvalue weighted by molar-refractivity contribution is 7.89. The molecule has 0 spiro atoms. The van der Waals surface area contributed by atoms with Crippen LogP contribution in [0.25, 0.3) is 5.57 Å². The van der Waals surface area contributed by atoms with Crippen LogP contribution in [-0.2, 0) is 19.6 Å². The van der Waals surface area contributed by atoms with Crippen molar-refractivity contribution >= 4 is 33.1 Å². The van der Waals surface area contributed by atoms with Crippen molar-refractivity contribution in [1.82, 2.24) is 9.80 Å². The second kappa shape index (κ2) is 7.92. The highest BCUT2D eigenvalue weighted by Gasteiger charge is 2.42. The van der Waals surface area contributed by atoms with E-state index in [-0.39, 0.29) is 4.90 Å². The predicted molar refractivity (Wildman–Crippen MR) is 117 cm³/mol. The van der Waals surface area contributed by atoms with Crippen molar-refractivity contribution in [2.75, 3.05) is 38.1 Å². The normalized spacial score (nSPS) is 18.3. The lowest BCUT2D eigenvalue weighted by atomic mass is 10.0. The monoisotopic (exact) mass is 440 g/mol. The van der Waals surface area contributed by atoms with Crippen LogP contribution in [0.4, 0.5) is 5.69 Å². The standard InChI is InChI=1S/C22H24N4O4S/c1-15-3-5-16(6-4-15)19-20(25-13-11-24(2)12-14-25)22(28)26(21(19)27)17-7-9-18(10-8-17)31(23,29)30/h3-10H,11-14H2,1-2H3,(H2,23,29,30). The molecule has 2 heterocycles. The third-order valence-corrected chi connectivity index (χ3v) is 6.57. The van der Waals surface area contributed by atoms with Crippen molar-refractivity contribution in [2.24, 2.45) is 5.14 Å². The molecule has 4 rings (SSSR count). The lowest BCUT2D eigenvalue weighted by molar-refractivity contribution is -0.120. The first kappa shape index (κ1) is 21.2. The number of likely N-dealkylation sites (N-methyl/N-ethyl adjacent to an activating group) is 1. The highest BCUT2D eigenvalue weighted by Crippen LogP contribution is 2.35. The van der Waals surface area contributed by atoms with Gasteiger partial charge in [0.2, 0.25) is 10.0 Å². The molecule has 2 aliphatic heterocycles. The van der Waals surface area contributed by atoms with Crippen LogP contribution in [0.1, 0.15) is 11.1 Å². The molecule has 0 bridgehead atoms. The Hall–Kier alpha value is -3.01. The van der Waals surface area contributed by atoms with Gasteiger partial charge in [-0.1, -0.05) is 29.8 Å². The summed E-state index contributed by atoms with van der Waals surface area (Å²) in [4.78, 5) is 32.1. The van der Waals surface area contributed by atoms with Gasteiger partial charge in [0, 0.05) is 26.2 Å². The van der Waals surface area contributed by atoms with Gasteiger partial charge in [0.1, 0.15) is 5.70 Å². The summed E-state index contributed by atoms with van der Waals surface area (Å²) >= 11 is 0. The molecule has 2 aliphatic rings. The Balaban J connectivity index is 1.77. The number of piperazine rings is 1. The molecule has 1 fully saturated rings. The summed E-state index contributed by atoms with van der Waals surface area (Å²) < 4.78 is 23.1. The Labute approximate surface area is 181 Å². The van der Waals surface area contributed by atoms with Gasteiger partial charge >= 0.3 is 0 Å². The van der Waals surface area contributed by atoms with Crippen LogP contribution in [0, 0.1) is 6.92 Å². The molecule has 2 N–H and O–H groups in total. The first-order chi connectivity index (χ1) is 14.7. The largest absolute Gasteiger partial charge is 0.364 e. The highest BCUT2D eigenvalue weighted by atomic mass is 32.2. The van der Waals surface area contributed by atoms with E-state index in [0.717, 1.165) is 23.6 Å². The molecule has 0 saturated carbocycles. The van der Waals surface area contributed by atoms with Gasteiger partial charge in [0.05, 0.1) is 16.2 Å². The Morgan fingerprint density at radius 2 is 1.42 bits per heavy atom. The summed E-state index contributed by atoms with van der Waals surface area (Å²) in [5.74, 6) is -0.834. The molecule has 0 radical (unpaired) electrons. The number of carbonyl (C=O) groups excluding carboxylic acids is 2. The topological polar surface area (TPSA) is 104 Å². The van der Waals surface area contributed by atoms with E-state index >= 15 is 0 Å². The predicted octanol–water partition coefficient (Wildman–Crippen LogP) is 1.17. The molecule has 0 aromatic heterocycles. The smallest absolute Gasteiger partial charge is 0.282 e. The number of nitrogens with zero attached hydrogens (tertiary/aromatic N) is 3. The first-order valence-corrected chi connectivity index (χ1v) is 11.5. The molecule has 2 aromatic rings. The summed E-state index contributed by atoms with van der Waals surface area (Å²) in [6.45, 7) is 4.81. The zero-order valence-corrected chi connectivity index (χ0v) is 18.2. The molecule has 2 aromatic carbocycles. The van der Waals surface area contributed by atoms with Gasteiger partial charge in [0.25, 0.3) is 11.8 Å². The average Bonchev–Trinajstić information content (AvgIpc) is 2.99. The second-order valence-electron chi connectivity index (χ2n) is 7.86. The third-order valence-electron chi connectivity index (χ3n) is 5.64. The minimum Gasteiger partial charge on any atom is -0.364 e. The van der Waals surface area contributed by atoms with Crippen molar-refractivity contribution in [3.63, 3.8) is 0 Å². The number of aryl methyl sites for hydroxylation is 1. The van der Waals surface area contributed by atoms with Crippen molar-refractivity contribution in [2.45, 2.75) is 11.8 Å². The van der Waals surface area contributed by atoms with Crippen LogP contribution in [0.2, 0.25) is 0 Å². The SMILES string of the molecule is Cc1ccc(C2=C(N3CCN(C)CC3)C(=O)N(c3ccc(S(N)(=O)=O)cc3)C2=O)cc1. The fourth-order valence-electron chi connectivity index (χ4n) is 3.84. The summed E-state index contributed by atoms with van der Waals surface area (Å²) in [6, 6.07) is 13.0. The van der Waals surface area contributed by atoms with Crippen LogP contribution in [0.3, 0.4) is 0 Å². The van der Waals surface area contributed by atoms with E-state index in [0.29, 0.717) is 35.6 Å². The number of anilines is 1. The number of rotatable bonds is 4. The number of sulfonamides is 1. The van der Waals surface area contributed by atoms with Crippen molar-refractivity contribution in [1.29, 1.82) is 0 Å². The molecule has 162 valence electrons. The first-order valence-electron chi connectivity index (χ1n) is 9.93. The summed E-state index contributed by atoms with van der Waals surface area (Å²) in [5, 5.41) is 5.16. The maximum Gasteiger partial charge on any atom is 0.282 e. The number of amides is 2. The number of primary sulfonamides is 1. The van der Waals surface area contributed by atoms with Crippen LogP contribution in [0.15, 0.2) is 59.1 Å². The van der Waals surface area contributed by atoms with E-state index in [4.69, 9.17) is 5.14 Å². The van der Waals surface area contributed by atoms with Crippen LogP contribution in [-0.4, -0.2) is 63.3 Å². The van der Waals surface area contributed by atoms with Gasteiger partial charge in [-0.05, 0) is 43.8 Å². The van der Waals surface area contributed by atoms with Gasteiger partial charge in [-0.2, -0.15) is 0 Å². The lowest BCUT2D eigenvalue weighted by Crippen LogP contribution is -2.46. The van der Waals surface area contributed by atoms with E-state index in [1.165, 1.54) is 24.3 Å². The number of hydrogen-bond acceptors (Lipinski definition) is 6. The zero-order valence-electron chi connectivity index (χ0n) is 17.4. The lowest BCUT2D eigenvalue weighted by Gasteiger charge is -2.34. The fraction of sp³-hybridized carbons (Fsp3) is 0.273. The molecule has 1 saturated heterocycles. The van der Waals surface area contributed by atoms with E-state index in [2.05, 4.69) is 4.90 Å². The van der Waals surface area contributed by atoms with Crippen LogP contribution >= 0.6 is 0 Å². The van der Waals surface area contributed by atoms with E-state index < -0.39 is 21.8 Å². The van der Waals surface area contributed by atoms with Gasteiger partial charge in [-0.15, -0.1) is 0 Å². The van der Waals surface area contributed by atoms with Gasteiger partial charge in [0.15, 0.2) is 0 Å². The second-order valence-corrected chi connectivity index (χ2v) is 9.43. The van der Waals surface area contributed by atoms with Crippen LogP contribution < -0.4 is 10.0 Å². The molecule has 0 aliphatic carbocycles. The van der Waals surface area contributed by atoms with E-state index in [1.807, 2.05) is 43.1 Å². The fourth-order valence-corrected chi connectivity index (χ4v) is 4.36. The third kappa shape index (κ3) is 3.99. The summed E-state index contributed by atoms with van der Waals surface area (Å²) in [5.41, 5.74) is 2.79. The molecule has 9 heteroatoms. The van der Waals surface area contributed by atoms with Crippen molar-refractivity contribution in [3.8, 4) is 0 Å². The van der Waals surface area contributed by atoms with Gasteiger partial charge < -0.3 is 9.80 Å². The Morgan fingerprint density at radius 1 is 0.839 bits per heavy atom. The Morgan fingerprint density at radius 3 is 1.97 bits per heavy atom. The minimum absolute atomic E-state index is 0.0821. The van der Waals surface area contributed by atoms with Crippen molar-refractivity contribution < 1.29 is 18.0 Å². The Bertz CT molecular complexity index is 1160. The quantitative estimate of drug-likeness (QED) is 0.716. The average molecular weight is 441 g/mol. The molecule has 31 heavy (non-hydrogen) atoms. The molecular formula is C22H24N4O4S. The summed E-state index contributed by atoms with van der Waals surface area (Å²) in [7, 11) is -1.85. The number of imide groups is 1. The molecule has 0 atom stereocenters. The molecule has 0 unspecified atom stereocenters. The van der Waals surface area contributed by atoms with Gasteiger partial charge in [-0.25, -0.2) is 18.5 Å². The number of benzene rings is 2. The molecular weight excluding hydrogens is 416 g/mol. The number of nitrogens with two attached hydrogens (primary N) is 1. The number of carbonyl (C=O) groups is 2. The molecule has 8 nitrogen and oxygen atoms in total. The zero-order chi connectivity index (χ0) is 22.3. The van der Waals surface area contributed by atoms with Gasteiger partial charge in [-0.3, -0.25) is 9.59 Å². The Kier molecular flexibility index (Phi) is 5.42. The molecule has 2 amide bonds. The minimum atomic E-state index is -3.87.